The highest BCUT2D eigenvalue weighted by molar-refractivity contribution is 5.76. The minimum atomic E-state index is 0.334. The molecule has 2 heterocycles. The quantitative estimate of drug-likeness (QED) is 0.847. The first-order valence-electron chi connectivity index (χ1n) is 10.4. The molecule has 2 aliphatic heterocycles. The summed E-state index contributed by atoms with van der Waals surface area (Å²) in [5.74, 6) is 0.678. The predicted molar refractivity (Wildman–Crippen MR) is 110 cm³/mol. The fraction of sp³-hybridized carbons (Fsp3) is 0.458. The highest BCUT2D eigenvalue weighted by Crippen LogP contribution is 2.23. The summed E-state index contributed by atoms with van der Waals surface area (Å²) in [6.45, 7) is 1.80. The number of carbonyl (C=O) groups excluding carboxylic acids is 1. The molecule has 3 heteroatoms. The SMILES string of the molecule is O=C(CC(Cc1ccccc1)Cc1ccccc1)N1CCC2CCC(C1)N2. The van der Waals surface area contributed by atoms with Crippen LogP contribution >= 0.6 is 0 Å². The van der Waals surface area contributed by atoms with Crippen LogP contribution in [-0.2, 0) is 17.6 Å². The maximum absolute atomic E-state index is 13.1. The monoisotopic (exact) mass is 362 g/mol. The van der Waals surface area contributed by atoms with Gasteiger partial charge in [0.05, 0.1) is 0 Å². The van der Waals surface area contributed by atoms with Crippen LogP contribution < -0.4 is 5.32 Å². The number of nitrogens with zero attached hydrogens (tertiary/aromatic N) is 1. The van der Waals surface area contributed by atoms with Gasteiger partial charge in [-0.05, 0) is 49.1 Å². The van der Waals surface area contributed by atoms with Gasteiger partial charge in [0.1, 0.15) is 0 Å². The van der Waals surface area contributed by atoms with Gasteiger partial charge >= 0.3 is 0 Å². The van der Waals surface area contributed by atoms with Crippen LogP contribution in [0.15, 0.2) is 60.7 Å². The minimum absolute atomic E-state index is 0.334. The molecule has 0 aliphatic carbocycles. The molecule has 1 amide bonds. The summed E-state index contributed by atoms with van der Waals surface area (Å²) < 4.78 is 0. The number of likely N-dealkylation sites (tertiary alicyclic amines) is 1. The van der Waals surface area contributed by atoms with E-state index in [1.54, 1.807) is 0 Å². The van der Waals surface area contributed by atoms with Crippen LogP contribution in [0.4, 0.5) is 0 Å². The van der Waals surface area contributed by atoms with E-state index in [1.165, 1.54) is 24.0 Å². The molecule has 0 aromatic heterocycles. The van der Waals surface area contributed by atoms with Crippen LogP contribution in [0.2, 0.25) is 0 Å². The van der Waals surface area contributed by atoms with Crippen molar-refractivity contribution in [1.82, 2.24) is 10.2 Å². The van der Waals surface area contributed by atoms with E-state index in [-0.39, 0.29) is 0 Å². The summed E-state index contributed by atoms with van der Waals surface area (Å²) in [7, 11) is 0. The van der Waals surface area contributed by atoms with E-state index in [0.29, 0.717) is 30.3 Å². The topological polar surface area (TPSA) is 32.3 Å². The molecule has 2 bridgehead atoms. The van der Waals surface area contributed by atoms with Crippen molar-refractivity contribution in [1.29, 1.82) is 0 Å². The molecule has 2 aromatic carbocycles. The van der Waals surface area contributed by atoms with Crippen LogP contribution in [0, 0.1) is 5.92 Å². The Hall–Kier alpha value is -2.13. The highest BCUT2D eigenvalue weighted by atomic mass is 16.2. The van der Waals surface area contributed by atoms with Crippen molar-refractivity contribution in [3.05, 3.63) is 71.8 Å². The second-order valence-corrected chi connectivity index (χ2v) is 8.22. The molecule has 2 aliphatic rings. The fourth-order valence-corrected chi connectivity index (χ4v) is 4.66. The molecule has 0 spiro atoms. The van der Waals surface area contributed by atoms with Crippen molar-refractivity contribution in [2.24, 2.45) is 5.92 Å². The zero-order chi connectivity index (χ0) is 18.5. The van der Waals surface area contributed by atoms with Crippen LogP contribution in [0.3, 0.4) is 0 Å². The number of nitrogens with one attached hydrogen (secondary N) is 1. The molecule has 0 radical (unpaired) electrons. The second kappa shape index (κ2) is 8.71. The highest BCUT2D eigenvalue weighted by Gasteiger charge is 2.31. The summed E-state index contributed by atoms with van der Waals surface area (Å²) in [5.41, 5.74) is 2.64. The zero-order valence-electron chi connectivity index (χ0n) is 16.0. The van der Waals surface area contributed by atoms with Gasteiger partial charge in [0.25, 0.3) is 0 Å². The number of amides is 1. The molecule has 2 fully saturated rings. The third-order valence-electron chi connectivity index (χ3n) is 6.07. The molecule has 0 saturated carbocycles. The molecule has 2 atom stereocenters. The van der Waals surface area contributed by atoms with Gasteiger partial charge < -0.3 is 10.2 Å². The Kier molecular flexibility index (Phi) is 5.88. The fourth-order valence-electron chi connectivity index (χ4n) is 4.66. The largest absolute Gasteiger partial charge is 0.341 e. The van der Waals surface area contributed by atoms with Gasteiger partial charge in [-0.2, -0.15) is 0 Å². The summed E-state index contributed by atoms with van der Waals surface area (Å²) in [6, 6.07) is 22.3. The number of fused-ring (bicyclic) bond motifs is 2. The molecule has 4 rings (SSSR count). The van der Waals surface area contributed by atoms with Gasteiger partial charge in [-0.25, -0.2) is 0 Å². The van der Waals surface area contributed by atoms with Crippen LogP contribution in [0.25, 0.3) is 0 Å². The maximum Gasteiger partial charge on any atom is 0.222 e. The van der Waals surface area contributed by atoms with Gasteiger partial charge in [-0.15, -0.1) is 0 Å². The molecule has 3 nitrogen and oxygen atoms in total. The Morgan fingerprint density at radius 2 is 1.48 bits per heavy atom. The Balaban J connectivity index is 1.43. The number of benzene rings is 2. The number of rotatable bonds is 6. The van der Waals surface area contributed by atoms with Crippen molar-refractivity contribution in [2.45, 2.75) is 50.6 Å². The van der Waals surface area contributed by atoms with Crippen molar-refractivity contribution < 1.29 is 4.79 Å². The third-order valence-corrected chi connectivity index (χ3v) is 6.07. The van der Waals surface area contributed by atoms with Crippen LogP contribution in [0.5, 0.6) is 0 Å². The minimum Gasteiger partial charge on any atom is -0.341 e. The van der Waals surface area contributed by atoms with Crippen molar-refractivity contribution in [3.8, 4) is 0 Å². The molecular formula is C24H30N2O. The van der Waals surface area contributed by atoms with Gasteiger partial charge in [-0.3, -0.25) is 4.79 Å². The third kappa shape index (κ3) is 4.98. The first kappa shape index (κ1) is 18.2. The van der Waals surface area contributed by atoms with Gasteiger partial charge in [0.15, 0.2) is 0 Å². The average Bonchev–Trinajstić information content (AvgIpc) is 3.02. The van der Waals surface area contributed by atoms with E-state index < -0.39 is 0 Å². The first-order chi connectivity index (χ1) is 13.3. The molecule has 2 unspecified atom stereocenters. The zero-order valence-corrected chi connectivity index (χ0v) is 16.0. The van der Waals surface area contributed by atoms with E-state index in [2.05, 4.69) is 70.9 Å². The lowest BCUT2D eigenvalue weighted by molar-refractivity contribution is -0.132. The summed E-state index contributed by atoms with van der Waals surface area (Å²) in [4.78, 5) is 15.2. The van der Waals surface area contributed by atoms with Gasteiger partial charge in [0.2, 0.25) is 5.91 Å². The predicted octanol–water partition coefficient (Wildman–Crippen LogP) is 3.83. The second-order valence-electron chi connectivity index (χ2n) is 8.22. The maximum atomic E-state index is 13.1. The lowest BCUT2D eigenvalue weighted by Crippen LogP contribution is -2.40. The summed E-state index contributed by atoms with van der Waals surface area (Å²) in [6.07, 6.45) is 6.15. The van der Waals surface area contributed by atoms with Crippen LogP contribution in [-0.4, -0.2) is 36.0 Å². The molecule has 2 aromatic rings. The lowest BCUT2D eigenvalue weighted by atomic mass is 9.89. The lowest BCUT2D eigenvalue weighted by Gasteiger charge is -2.27. The van der Waals surface area contributed by atoms with E-state index in [1.807, 2.05) is 0 Å². The Morgan fingerprint density at radius 1 is 0.889 bits per heavy atom. The van der Waals surface area contributed by atoms with Gasteiger partial charge in [-0.1, -0.05) is 60.7 Å². The van der Waals surface area contributed by atoms with E-state index >= 15 is 0 Å². The molecular weight excluding hydrogens is 332 g/mol. The van der Waals surface area contributed by atoms with Gasteiger partial charge in [0, 0.05) is 31.6 Å². The van der Waals surface area contributed by atoms with Crippen molar-refractivity contribution in [2.75, 3.05) is 13.1 Å². The van der Waals surface area contributed by atoms with E-state index in [9.17, 15) is 4.79 Å². The Bertz CT molecular complexity index is 689. The number of hydrogen-bond acceptors (Lipinski definition) is 2. The van der Waals surface area contributed by atoms with E-state index in [4.69, 9.17) is 0 Å². The smallest absolute Gasteiger partial charge is 0.222 e. The standard InChI is InChI=1S/C24H30N2O/c27-24(26-14-13-22-11-12-23(18-26)25-22)17-21(15-19-7-3-1-4-8-19)16-20-9-5-2-6-10-20/h1-10,21-23,25H,11-18H2. The summed E-state index contributed by atoms with van der Waals surface area (Å²) in [5, 5.41) is 3.68. The van der Waals surface area contributed by atoms with Crippen molar-refractivity contribution >= 4 is 5.91 Å². The molecule has 27 heavy (non-hydrogen) atoms. The normalized spacial score (nSPS) is 22.0. The number of hydrogen-bond donors (Lipinski definition) is 1. The molecule has 2 saturated heterocycles. The van der Waals surface area contributed by atoms with Crippen LogP contribution in [0.1, 0.15) is 36.8 Å². The summed E-state index contributed by atoms with van der Waals surface area (Å²) >= 11 is 0. The molecule has 142 valence electrons. The average molecular weight is 363 g/mol. The van der Waals surface area contributed by atoms with E-state index in [0.717, 1.165) is 32.4 Å². The Labute approximate surface area is 162 Å². The first-order valence-corrected chi connectivity index (χ1v) is 10.4. The number of carbonyl (C=O) groups is 1. The Morgan fingerprint density at radius 3 is 2.11 bits per heavy atom. The molecule has 1 N–H and O–H groups in total. The van der Waals surface area contributed by atoms with Crippen molar-refractivity contribution in [3.63, 3.8) is 0 Å².